The molecule has 2 unspecified atom stereocenters. The Labute approximate surface area is 409 Å². The number of hydrogen-bond acceptors (Lipinski definition) is 16. The molecule has 2 bridgehead atoms. The maximum Gasteiger partial charge on any atom is 0.472 e. The SMILES string of the molecule is CC/C=C\C/C=C\C/C=C\C/C=C\C/C=C\CCCCCC(=O)OC[C@@H]1COP(=O)(O)O[C@H]2[C@H](O)[C@@H](O)[C@H](O)[C@@H](C/C=C\CCCC(=O)O1)[C@@H](O)CC(O)O[C@H](/C=C/[C@@H](O)CCCCC)[C@@H](O)[C@H]2O. The highest BCUT2D eigenvalue weighted by Crippen LogP contribution is 2.47. The molecule has 18 heteroatoms. The van der Waals surface area contributed by atoms with Crippen LogP contribution < -0.4 is 0 Å². The predicted molar refractivity (Wildman–Crippen MR) is 261 cm³/mol. The molecule has 17 nitrogen and oxygen atoms in total. The third-order valence-corrected chi connectivity index (χ3v) is 12.5. The van der Waals surface area contributed by atoms with E-state index in [9.17, 15) is 59.9 Å². The van der Waals surface area contributed by atoms with Gasteiger partial charge in [-0.3, -0.25) is 18.6 Å². The first kappa shape index (κ1) is 62.0. The Kier molecular flexibility index (Phi) is 33.0. The summed E-state index contributed by atoms with van der Waals surface area (Å²) in [5.41, 5.74) is 0. The van der Waals surface area contributed by atoms with Crippen LogP contribution in [0.1, 0.15) is 136 Å². The molecular weight excluding hydrogens is 916 g/mol. The minimum Gasteiger partial charge on any atom is -0.462 e. The first-order chi connectivity index (χ1) is 33.1. The number of phosphoric ester groups is 1. The maximum atomic E-state index is 13.5. The number of rotatable bonds is 23. The first-order valence-electron chi connectivity index (χ1n) is 24.8. The molecule has 1 saturated heterocycles. The Morgan fingerprint density at radius 1 is 0.797 bits per heavy atom. The van der Waals surface area contributed by atoms with Gasteiger partial charge in [0, 0.05) is 25.2 Å². The molecular formula is C51H83O17P. The molecule has 394 valence electrons. The van der Waals surface area contributed by atoms with Gasteiger partial charge in [-0.25, -0.2) is 4.57 Å². The van der Waals surface area contributed by atoms with Crippen molar-refractivity contribution in [2.24, 2.45) is 5.92 Å². The Bertz CT molecular complexity index is 1660. The van der Waals surface area contributed by atoms with Crippen molar-refractivity contribution in [2.45, 2.75) is 203 Å². The van der Waals surface area contributed by atoms with Crippen LogP contribution >= 0.6 is 7.82 Å². The molecule has 0 aromatic carbocycles. The fourth-order valence-electron chi connectivity index (χ4n) is 7.48. The summed E-state index contributed by atoms with van der Waals surface area (Å²) in [6.45, 7) is 2.64. The number of esters is 2. The van der Waals surface area contributed by atoms with E-state index < -0.39 is 113 Å². The third kappa shape index (κ3) is 27.3. The van der Waals surface area contributed by atoms with E-state index in [4.69, 9.17) is 23.3 Å². The number of unbranched alkanes of at least 4 members (excludes halogenated alkanes) is 5. The quantitative estimate of drug-likeness (QED) is 0.0240. The van der Waals surface area contributed by atoms with Gasteiger partial charge >= 0.3 is 19.8 Å². The molecule has 2 heterocycles. The van der Waals surface area contributed by atoms with E-state index in [-0.39, 0.29) is 25.7 Å². The van der Waals surface area contributed by atoms with Crippen molar-refractivity contribution in [3.63, 3.8) is 0 Å². The van der Waals surface area contributed by atoms with Crippen molar-refractivity contribution in [3.8, 4) is 0 Å². The van der Waals surface area contributed by atoms with Crippen LogP contribution in [-0.2, 0) is 37.4 Å². The molecule has 2 aliphatic rings. The molecule has 0 radical (unpaired) electrons. The zero-order valence-corrected chi connectivity index (χ0v) is 41.5. The van der Waals surface area contributed by atoms with E-state index in [0.29, 0.717) is 25.7 Å². The van der Waals surface area contributed by atoms with Crippen LogP contribution in [0.25, 0.3) is 0 Å². The van der Waals surface area contributed by atoms with Gasteiger partial charge in [0.05, 0.1) is 24.9 Å². The van der Waals surface area contributed by atoms with Gasteiger partial charge in [0.1, 0.15) is 43.2 Å². The molecule has 69 heavy (non-hydrogen) atoms. The Morgan fingerprint density at radius 2 is 1.43 bits per heavy atom. The molecule has 2 rings (SSSR count). The first-order valence-corrected chi connectivity index (χ1v) is 26.3. The van der Waals surface area contributed by atoms with Crippen molar-refractivity contribution >= 4 is 19.8 Å². The number of phosphoric acid groups is 1. The Morgan fingerprint density at radius 3 is 2.09 bits per heavy atom. The lowest BCUT2D eigenvalue weighted by Gasteiger charge is -2.39. The summed E-state index contributed by atoms with van der Waals surface area (Å²) in [7, 11) is -5.48. The zero-order chi connectivity index (χ0) is 50.9. The fourth-order valence-corrected chi connectivity index (χ4v) is 8.45. The third-order valence-electron chi connectivity index (χ3n) is 11.5. The van der Waals surface area contributed by atoms with E-state index in [1.165, 1.54) is 6.08 Å². The lowest BCUT2D eigenvalue weighted by Crippen LogP contribution is -2.58. The Hall–Kier alpha value is -3.13. The molecule has 0 aromatic heterocycles. The summed E-state index contributed by atoms with van der Waals surface area (Å²) in [5.74, 6) is -2.66. The average molecular weight is 999 g/mol. The smallest absolute Gasteiger partial charge is 0.462 e. The van der Waals surface area contributed by atoms with Crippen LogP contribution in [-0.4, -0.2) is 138 Å². The molecule has 9 N–H and O–H groups in total. The lowest BCUT2D eigenvalue weighted by atomic mass is 9.83. The maximum absolute atomic E-state index is 13.5. The van der Waals surface area contributed by atoms with Gasteiger partial charge in [-0.1, -0.05) is 125 Å². The molecule has 0 aromatic rings. The summed E-state index contributed by atoms with van der Waals surface area (Å²) in [5, 5.41) is 89.3. The normalized spacial score (nSPS) is 31.9. The van der Waals surface area contributed by atoms with Crippen LogP contribution in [0.3, 0.4) is 0 Å². The van der Waals surface area contributed by atoms with Crippen LogP contribution in [0.4, 0.5) is 0 Å². The highest BCUT2D eigenvalue weighted by atomic mass is 31.2. The number of aliphatic hydroxyl groups is 8. The van der Waals surface area contributed by atoms with Crippen molar-refractivity contribution < 1.29 is 83.2 Å². The lowest BCUT2D eigenvalue weighted by molar-refractivity contribution is -0.213. The van der Waals surface area contributed by atoms with Gasteiger partial charge in [-0.05, 0) is 77.0 Å². The van der Waals surface area contributed by atoms with Crippen LogP contribution in [0, 0.1) is 5.92 Å². The second-order valence-corrected chi connectivity index (χ2v) is 18.9. The van der Waals surface area contributed by atoms with Crippen molar-refractivity contribution in [2.75, 3.05) is 13.2 Å². The number of allylic oxidation sites excluding steroid dienone is 12. The van der Waals surface area contributed by atoms with Crippen molar-refractivity contribution in [3.05, 3.63) is 85.1 Å². The van der Waals surface area contributed by atoms with Gasteiger partial charge in [-0.2, -0.15) is 0 Å². The minimum atomic E-state index is -5.48. The largest absolute Gasteiger partial charge is 0.472 e. The number of aliphatic hydroxyl groups excluding tert-OH is 8. The van der Waals surface area contributed by atoms with Gasteiger partial charge in [0.25, 0.3) is 0 Å². The van der Waals surface area contributed by atoms with Crippen molar-refractivity contribution in [1.82, 2.24) is 0 Å². The average Bonchev–Trinajstić information content (AvgIpc) is 3.31. The van der Waals surface area contributed by atoms with Crippen LogP contribution in [0.2, 0.25) is 0 Å². The molecule has 0 saturated carbocycles. The van der Waals surface area contributed by atoms with E-state index in [1.54, 1.807) is 12.2 Å². The van der Waals surface area contributed by atoms with E-state index in [2.05, 4.69) is 67.7 Å². The van der Waals surface area contributed by atoms with Gasteiger partial charge in [-0.15, -0.1) is 0 Å². The molecule has 13 atom stereocenters. The number of cyclic esters (lactones) is 1. The van der Waals surface area contributed by atoms with Crippen molar-refractivity contribution in [1.29, 1.82) is 0 Å². The molecule has 0 spiro atoms. The van der Waals surface area contributed by atoms with Gasteiger partial charge < -0.3 is 60.0 Å². The number of ether oxygens (including phenoxy) is 3. The summed E-state index contributed by atoms with van der Waals surface area (Å²) in [4.78, 5) is 36.5. The standard InChI is InChI=1S/C51H83O17P/c1-3-5-7-8-9-10-11-12-13-14-15-16-17-18-19-20-21-22-27-31-43(54)64-36-39-37-65-69(62,63)68-51-49(60)47(58)42(34-33-38(52)29-25-6-4-2)67-45(56)35-41(53)40(46(57)48(59)50(51)61)30-26-23-24-28-32-44(55)66-39/h5,7,9-10,12-13,15-16,18-19,23,26,33-34,38-42,45-53,56-61H,3-4,6,8,11,14,17,20-22,24-25,27-32,35-37H2,1-2H3,(H,62,63)/b7-5-,10-9-,13-12-,16-15-,19-18-,26-23-,34-33+/t38-,39+,40-,41-,42+,45?,46+,47+,48-,49+,50+,51+/m0/s1. The van der Waals surface area contributed by atoms with Crippen LogP contribution in [0.15, 0.2) is 85.1 Å². The number of hydrogen-bond donors (Lipinski definition) is 9. The topological polar surface area (TPSA) is 279 Å². The van der Waals surface area contributed by atoms with Crippen LogP contribution in [0.5, 0.6) is 0 Å². The van der Waals surface area contributed by atoms with Gasteiger partial charge in [0.2, 0.25) is 0 Å². The molecule has 1 fully saturated rings. The number of carbonyl (C=O) groups is 2. The summed E-state index contributed by atoms with van der Waals surface area (Å²) >= 11 is 0. The predicted octanol–water partition coefficient (Wildman–Crippen LogP) is 6.16. The zero-order valence-electron chi connectivity index (χ0n) is 40.6. The Balaban J connectivity index is 2.11. The monoisotopic (exact) mass is 999 g/mol. The van der Waals surface area contributed by atoms with E-state index >= 15 is 0 Å². The molecule has 2 aliphatic heterocycles. The highest BCUT2D eigenvalue weighted by Gasteiger charge is 2.48. The number of fused-ring (bicyclic) bond motifs is 4. The molecule has 0 amide bonds. The van der Waals surface area contributed by atoms with Gasteiger partial charge in [0.15, 0.2) is 12.4 Å². The van der Waals surface area contributed by atoms with E-state index in [1.807, 2.05) is 6.92 Å². The fraction of sp³-hybridized carbons (Fsp3) is 0.686. The molecule has 0 aliphatic carbocycles. The summed E-state index contributed by atoms with van der Waals surface area (Å²) < 4.78 is 40.2. The minimum absolute atomic E-state index is 0.0573. The number of carbonyl (C=O) groups excluding carboxylic acids is 2. The highest BCUT2D eigenvalue weighted by molar-refractivity contribution is 7.47. The second-order valence-electron chi connectivity index (χ2n) is 17.5. The second kappa shape index (κ2) is 36.7. The summed E-state index contributed by atoms with van der Waals surface area (Å²) in [6, 6.07) is 0. The summed E-state index contributed by atoms with van der Waals surface area (Å²) in [6.07, 6.45) is 15.6. The van der Waals surface area contributed by atoms with E-state index in [0.717, 1.165) is 70.3 Å².